The number of piperidine rings is 1. The van der Waals surface area contributed by atoms with Crippen molar-refractivity contribution in [3.05, 3.63) is 28.3 Å². The van der Waals surface area contributed by atoms with E-state index < -0.39 is 0 Å². The lowest BCUT2D eigenvalue weighted by Crippen LogP contribution is -2.48. The van der Waals surface area contributed by atoms with E-state index in [2.05, 4.69) is 17.3 Å². The Balaban J connectivity index is 1.55. The van der Waals surface area contributed by atoms with Gasteiger partial charge in [-0.1, -0.05) is 17.7 Å². The molecule has 1 aromatic rings. The van der Waals surface area contributed by atoms with Crippen molar-refractivity contribution < 1.29 is 9.53 Å². The summed E-state index contributed by atoms with van der Waals surface area (Å²) >= 11 is 6.36. The molecule has 3 aliphatic rings. The van der Waals surface area contributed by atoms with Gasteiger partial charge in [-0.2, -0.15) is 0 Å². The molecule has 130 valence electrons. The molecule has 2 fully saturated rings. The monoisotopic (exact) mass is 348 g/mol. The lowest BCUT2D eigenvalue weighted by Gasteiger charge is -2.36. The van der Waals surface area contributed by atoms with Crippen molar-refractivity contribution in [3.8, 4) is 5.75 Å². The molecule has 2 bridgehead atoms. The first-order valence-corrected chi connectivity index (χ1v) is 9.25. The van der Waals surface area contributed by atoms with Gasteiger partial charge in [-0.25, -0.2) is 0 Å². The molecule has 5 heteroatoms. The minimum atomic E-state index is -0.283. The van der Waals surface area contributed by atoms with Crippen LogP contribution < -0.4 is 10.1 Å². The molecular weight excluding hydrogens is 324 g/mol. The van der Waals surface area contributed by atoms with Gasteiger partial charge in [-0.05, 0) is 58.2 Å². The second-order valence-corrected chi connectivity index (χ2v) is 8.55. The predicted molar refractivity (Wildman–Crippen MR) is 94.9 cm³/mol. The standard InChI is InChI=1S/C19H25ClN2O2/c1-19(2)10-11-4-7-15(20)16(17(11)24-19)18(23)21-12-8-13-5-6-14(9-12)22(13)3/h4,7,12-14H,5-6,8-10H2,1-3H3,(H,21,23). The van der Waals surface area contributed by atoms with Crippen LogP contribution in [0.5, 0.6) is 5.75 Å². The predicted octanol–water partition coefficient (Wildman–Crippen LogP) is 3.41. The van der Waals surface area contributed by atoms with Gasteiger partial charge in [0.1, 0.15) is 16.9 Å². The number of hydrogen-bond acceptors (Lipinski definition) is 3. The molecule has 0 aromatic heterocycles. The number of hydrogen-bond donors (Lipinski definition) is 1. The molecule has 1 N–H and O–H groups in total. The number of amides is 1. The topological polar surface area (TPSA) is 41.6 Å². The minimum absolute atomic E-state index is 0.0940. The van der Waals surface area contributed by atoms with Crippen LogP contribution in [-0.4, -0.2) is 41.6 Å². The smallest absolute Gasteiger partial charge is 0.256 e. The van der Waals surface area contributed by atoms with Crippen molar-refractivity contribution in [2.45, 2.75) is 69.7 Å². The quantitative estimate of drug-likeness (QED) is 0.890. The van der Waals surface area contributed by atoms with Crippen LogP contribution in [0, 0.1) is 0 Å². The minimum Gasteiger partial charge on any atom is -0.486 e. The Morgan fingerprint density at radius 2 is 1.96 bits per heavy atom. The van der Waals surface area contributed by atoms with Crippen LogP contribution in [0.1, 0.15) is 55.5 Å². The summed E-state index contributed by atoms with van der Waals surface area (Å²) < 4.78 is 6.03. The summed E-state index contributed by atoms with van der Waals surface area (Å²) in [5, 5.41) is 3.70. The second kappa shape index (κ2) is 5.63. The number of ether oxygens (including phenoxy) is 1. The van der Waals surface area contributed by atoms with E-state index in [1.54, 1.807) is 0 Å². The largest absolute Gasteiger partial charge is 0.486 e. The first-order valence-electron chi connectivity index (χ1n) is 8.87. The Labute approximate surface area is 148 Å². The highest BCUT2D eigenvalue weighted by molar-refractivity contribution is 6.34. The molecule has 0 spiro atoms. The van der Waals surface area contributed by atoms with Crippen molar-refractivity contribution in [2.75, 3.05) is 7.05 Å². The summed E-state index contributed by atoms with van der Waals surface area (Å²) in [4.78, 5) is 15.4. The first kappa shape index (κ1) is 16.2. The molecule has 2 saturated heterocycles. The Hall–Kier alpha value is -1.26. The zero-order chi connectivity index (χ0) is 17.1. The maximum absolute atomic E-state index is 12.9. The molecule has 1 aromatic carbocycles. The van der Waals surface area contributed by atoms with E-state index in [9.17, 15) is 4.79 Å². The Kier molecular flexibility index (Phi) is 3.81. The van der Waals surface area contributed by atoms with E-state index in [4.69, 9.17) is 16.3 Å². The van der Waals surface area contributed by atoms with Gasteiger partial charge in [-0.3, -0.25) is 4.79 Å². The van der Waals surface area contributed by atoms with Crippen molar-refractivity contribution in [3.63, 3.8) is 0 Å². The van der Waals surface area contributed by atoms with E-state index in [1.807, 2.05) is 26.0 Å². The molecule has 0 saturated carbocycles. The van der Waals surface area contributed by atoms with E-state index >= 15 is 0 Å². The number of nitrogens with one attached hydrogen (secondary N) is 1. The summed E-state index contributed by atoms with van der Waals surface area (Å²) in [6, 6.07) is 5.21. The summed E-state index contributed by atoms with van der Waals surface area (Å²) in [6.07, 6.45) is 5.34. The summed E-state index contributed by atoms with van der Waals surface area (Å²) in [7, 11) is 2.21. The highest BCUT2D eigenvalue weighted by atomic mass is 35.5. The van der Waals surface area contributed by atoms with Crippen LogP contribution in [0.2, 0.25) is 5.02 Å². The lowest BCUT2D eigenvalue weighted by atomic mass is 9.97. The third-order valence-electron chi connectivity index (χ3n) is 5.84. The number of benzene rings is 1. The van der Waals surface area contributed by atoms with Gasteiger partial charge in [-0.15, -0.1) is 0 Å². The molecule has 2 unspecified atom stereocenters. The van der Waals surface area contributed by atoms with Gasteiger partial charge in [0.2, 0.25) is 0 Å². The van der Waals surface area contributed by atoms with Gasteiger partial charge < -0.3 is 15.0 Å². The number of fused-ring (bicyclic) bond motifs is 3. The zero-order valence-electron chi connectivity index (χ0n) is 14.6. The average molecular weight is 349 g/mol. The second-order valence-electron chi connectivity index (χ2n) is 8.14. The molecule has 4 nitrogen and oxygen atoms in total. The van der Waals surface area contributed by atoms with Gasteiger partial charge >= 0.3 is 0 Å². The molecule has 0 radical (unpaired) electrons. The van der Waals surface area contributed by atoms with Gasteiger partial charge in [0.15, 0.2) is 0 Å². The van der Waals surface area contributed by atoms with E-state index in [0.717, 1.165) is 24.8 Å². The normalized spacial score (nSPS) is 30.8. The Morgan fingerprint density at radius 3 is 2.62 bits per heavy atom. The summed E-state index contributed by atoms with van der Waals surface area (Å²) in [6.45, 7) is 4.08. The van der Waals surface area contributed by atoms with Crippen molar-refractivity contribution >= 4 is 17.5 Å². The van der Waals surface area contributed by atoms with Crippen LogP contribution in [0.25, 0.3) is 0 Å². The van der Waals surface area contributed by atoms with Gasteiger partial charge in [0, 0.05) is 24.5 Å². The third kappa shape index (κ3) is 2.70. The van der Waals surface area contributed by atoms with Crippen molar-refractivity contribution in [2.24, 2.45) is 0 Å². The summed E-state index contributed by atoms with van der Waals surface area (Å²) in [5.41, 5.74) is 1.29. The molecule has 3 aliphatic heterocycles. The van der Waals surface area contributed by atoms with Crippen molar-refractivity contribution in [1.29, 1.82) is 0 Å². The molecule has 3 heterocycles. The fourth-order valence-corrected chi connectivity index (χ4v) is 4.86. The Morgan fingerprint density at radius 1 is 1.29 bits per heavy atom. The number of nitrogens with zero attached hydrogens (tertiary/aromatic N) is 1. The van der Waals surface area contributed by atoms with Gasteiger partial charge in [0.25, 0.3) is 5.91 Å². The highest BCUT2D eigenvalue weighted by Gasteiger charge is 2.40. The van der Waals surface area contributed by atoms with Crippen molar-refractivity contribution in [1.82, 2.24) is 10.2 Å². The molecule has 0 aliphatic carbocycles. The molecular formula is C19H25ClN2O2. The SMILES string of the molecule is CN1C2CCC1CC(NC(=O)c1c(Cl)ccc3c1OC(C)(C)C3)C2. The van der Waals surface area contributed by atoms with Gasteiger partial charge in [0.05, 0.1) is 5.02 Å². The fraction of sp³-hybridized carbons (Fsp3) is 0.632. The van der Waals surface area contributed by atoms with Crippen LogP contribution >= 0.6 is 11.6 Å². The van der Waals surface area contributed by atoms with Crippen LogP contribution in [0.4, 0.5) is 0 Å². The lowest BCUT2D eigenvalue weighted by molar-refractivity contribution is 0.0871. The number of carbonyl (C=O) groups is 1. The van der Waals surface area contributed by atoms with Crippen LogP contribution in [-0.2, 0) is 6.42 Å². The molecule has 2 atom stereocenters. The average Bonchev–Trinajstić information content (AvgIpc) is 2.89. The number of halogens is 1. The number of carbonyl (C=O) groups excluding carboxylic acids is 1. The zero-order valence-corrected chi connectivity index (χ0v) is 15.3. The molecule has 24 heavy (non-hydrogen) atoms. The first-order chi connectivity index (χ1) is 11.3. The Bertz CT molecular complexity index is 674. The van der Waals surface area contributed by atoms with E-state index in [-0.39, 0.29) is 17.6 Å². The fourth-order valence-electron chi connectivity index (χ4n) is 4.63. The van der Waals surface area contributed by atoms with Crippen LogP contribution in [0.3, 0.4) is 0 Å². The number of rotatable bonds is 2. The van der Waals surface area contributed by atoms with E-state index in [0.29, 0.717) is 28.4 Å². The van der Waals surface area contributed by atoms with E-state index in [1.165, 1.54) is 12.8 Å². The third-order valence-corrected chi connectivity index (χ3v) is 6.16. The highest BCUT2D eigenvalue weighted by Crippen LogP contribution is 2.41. The maximum Gasteiger partial charge on any atom is 0.256 e. The molecule has 4 rings (SSSR count). The summed E-state index contributed by atoms with van der Waals surface area (Å²) in [5.74, 6) is 0.574. The van der Waals surface area contributed by atoms with Crippen LogP contribution in [0.15, 0.2) is 12.1 Å². The molecule has 1 amide bonds. The maximum atomic E-state index is 12.9.